The lowest BCUT2D eigenvalue weighted by Gasteiger charge is -2.04. The van der Waals surface area contributed by atoms with Gasteiger partial charge in [0.25, 0.3) is 0 Å². The van der Waals surface area contributed by atoms with Gasteiger partial charge in [0, 0.05) is 12.1 Å². The number of hydrogen-bond acceptors (Lipinski definition) is 2. The van der Waals surface area contributed by atoms with Gasteiger partial charge in [0.15, 0.2) is 0 Å². The minimum atomic E-state index is 0. The number of nitrogens with zero attached hydrogens (tertiary/aromatic N) is 1. The number of hydrogen-bond donors (Lipinski definition) is 1. The molecule has 0 aromatic heterocycles. The minimum Gasteiger partial charge on any atom is -0.486 e. The second-order valence-electron chi connectivity index (χ2n) is 2.46. The first-order valence-electron chi connectivity index (χ1n) is 3.82. The largest absolute Gasteiger partial charge is 0.486 e. The number of ether oxygens (including phenoxy) is 1. The number of nitrogens with two attached hydrogens (primary N) is 1. The molecule has 0 radical (unpaired) electrons. The smallest absolute Gasteiger partial charge is 0.145 e. The Morgan fingerprint density at radius 1 is 1.43 bits per heavy atom. The van der Waals surface area contributed by atoms with Gasteiger partial charge in [-0.1, -0.05) is 11.6 Å². The Morgan fingerprint density at radius 3 is 2.50 bits per heavy atom. The maximum absolute atomic E-state index is 5.70. The van der Waals surface area contributed by atoms with E-state index in [1.165, 1.54) is 0 Å². The third-order valence-electron chi connectivity index (χ3n) is 1.49. The summed E-state index contributed by atoms with van der Waals surface area (Å²) in [6.07, 6.45) is 0. The van der Waals surface area contributed by atoms with Gasteiger partial charge in [0.1, 0.15) is 18.2 Å². The van der Waals surface area contributed by atoms with Crippen molar-refractivity contribution in [2.45, 2.75) is 0 Å². The van der Waals surface area contributed by atoms with E-state index in [2.05, 4.69) is 4.99 Å². The van der Waals surface area contributed by atoms with Gasteiger partial charge in [-0.15, -0.1) is 12.4 Å². The molecule has 0 saturated carbocycles. The highest BCUT2D eigenvalue weighted by molar-refractivity contribution is 6.30. The van der Waals surface area contributed by atoms with Crippen molar-refractivity contribution < 1.29 is 4.74 Å². The molecule has 0 unspecified atom stereocenters. The summed E-state index contributed by atoms with van der Waals surface area (Å²) in [6.45, 7) is 0.304. The van der Waals surface area contributed by atoms with Gasteiger partial charge >= 0.3 is 0 Å². The van der Waals surface area contributed by atoms with Crippen LogP contribution in [0.15, 0.2) is 29.3 Å². The summed E-state index contributed by atoms with van der Waals surface area (Å²) in [5.74, 6) is 1.20. The van der Waals surface area contributed by atoms with Crippen molar-refractivity contribution in [1.82, 2.24) is 0 Å². The van der Waals surface area contributed by atoms with Crippen LogP contribution in [-0.2, 0) is 0 Å². The molecule has 0 atom stereocenters. The van der Waals surface area contributed by atoms with Crippen LogP contribution in [0.2, 0.25) is 5.02 Å². The number of rotatable bonds is 3. The molecule has 0 spiro atoms. The summed E-state index contributed by atoms with van der Waals surface area (Å²) in [4.78, 5) is 3.76. The van der Waals surface area contributed by atoms with Gasteiger partial charge in [-0.2, -0.15) is 0 Å². The average Bonchev–Trinajstić information content (AvgIpc) is 2.16. The first-order valence-corrected chi connectivity index (χ1v) is 4.19. The van der Waals surface area contributed by atoms with Gasteiger partial charge in [0.05, 0.1) is 0 Å². The molecule has 2 N–H and O–H groups in total. The molecule has 0 aliphatic carbocycles. The van der Waals surface area contributed by atoms with E-state index in [1.54, 1.807) is 31.3 Å². The second-order valence-corrected chi connectivity index (χ2v) is 2.89. The predicted molar refractivity (Wildman–Crippen MR) is 61.7 cm³/mol. The summed E-state index contributed by atoms with van der Waals surface area (Å²) in [7, 11) is 1.63. The Morgan fingerprint density at radius 2 is 2.00 bits per heavy atom. The Hall–Kier alpha value is -0.930. The predicted octanol–water partition coefficient (Wildman–Crippen LogP) is 2.13. The lowest BCUT2D eigenvalue weighted by atomic mass is 10.3. The Bertz CT molecular complexity index is 298. The van der Waals surface area contributed by atoms with Gasteiger partial charge in [0.2, 0.25) is 0 Å². The molecule has 1 aromatic rings. The Labute approximate surface area is 94.3 Å². The van der Waals surface area contributed by atoms with Crippen LogP contribution >= 0.6 is 24.0 Å². The Balaban J connectivity index is 0.00000169. The van der Waals surface area contributed by atoms with Crippen molar-refractivity contribution in [3.63, 3.8) is 0 Å². The van der Waals surface area contributed by atoms with Crippen molar-refractivity contribution in [3.8, 4) is 5.75 Å². The van der Waals surface area contributed by atoms with E-state index in [0.29, 0.717) is 17.5 Å². The van der Waals surface area contributed by atoms with E-state index in [9.17, 15) is 0 Å². The number of amidine groups is 1. The van der Waals surface area contributed by atoms with Crippen LogP contribution in [0.3, 0.4) is 0 Å². The molecular weight excluding hydrogens is 223 g/mol. The van der Waals surface area contributed by atoms with Crippen LogP contribution < -0.4 is 10.5 Å². The molecule has 0 amide bonds. The highest BCUT2D eigenvalue weighted by atomic mass is 35.5. The van der Waals surface area contributed by atoms with E-state index in [-0.39, 0.29) is 12.4 Å². The summed E-state index contributed by atoms with van der Waals surface area (Å²) in [5, 5.41) is 0.685. The lowest BCUT2D eigenvalue weighted by molar-refractivity contribution is 0.375. The lowest BCUT2D eigenvalue weighted by Crippen LogP contribution is -2.20. The fourth-order valence-electron chi connectivity index (χ4n) is 0.753. The van der Waals surface area contributed by atoms with Crippen molar-refractivity contribution >= 4 is 29.8 Å². The maximum atomic E-state index is 5.70. The Kier molecular flexibility index (Phi) is 6.08. The molecule has 0 heterocycles. The maximum Gasteiger partial charge on any atom is 0.145 e. The van der Waals surface area contributed by atoms with E-state index < -0.39 is 0 Å². The summed E-state index contributed by atoms with van der Waals surface area (Å²) >= 11 is 5.70. The molecule has 0 saturated heterocycles. The molecule has 1 aromatic carbocycles. The average molecular weight is 235 g/mol. The highest BCUT2D eigenvalue weighted by Gasteiger charge is 1.94. The summed E-state index contributed by atoms with van der Waals surface area (Å²) < 4.78 is 5.30. The van der Waals surface area contributed by atoms with Gasteiger partial charge in [-0.25, -0.2) is 0 Å². The SMILES string of the molecule is CN=C(N)COc1ccc(Cl)cc1.Cl. The molecule has 1 rings (SSSR count). The fourth-order valence-corrected chi connectivity index (χ4v) is 0.879. The normalized spacial score (nSPS) is 10.6. The number of benzene rings is 1. The van der Waals surface area contributed by atoms with E-state index in [1.807, 2.05) is 0 Å². The van der Waals surface area contributed by atoms with E-state index in [0.717, 1.165) is 5.75 Å². The quantitative estimate of drug-likeness (QED) is 0.644. The van der Waals surface area contributed by atoms with Crippen LogP contribution in [0, 0.1) is 0 Å². The molecule has 0 aliphatic heterocycles. The van der Waals surface area contributed by atoms with Gasteiger partial charge in [-0.3, -0.25) is 4.99 Å². The molecule has 78 valence electrons. The first-order chi connectivity index (χ1) is 6.22. The van der Waals surface area contributed by atoms with Crippen LogP contribution in [0.25, 0.3) is 0 Å². The molecule has 0 aliphatic rings. The standard InChI is InChI=1S/C9H11ClN2O.ClH/c1-12-9(11)6-13-8-4-2-7(10)3-5-8;/h2-5H,6H2,1H3,(H2,11,12);1H. The highest BCUT2D eigenvalue weighted by Crippen LogP contribution is 2.15. The zero-order valence-electron chi connectivity index (χ0n) is 7.74. The number of halogens is 2. The fraction of sp³-hybridized carbons (Fsp3) is 0.222. The number of aliphatic imine (C=N–C) groups is 1. The summed E-state index contributed by atoms with van der Waals surface area (Å²) in [6, 6.07) is 7.09. The molecule has 0 bridgehead atoms. The molecule has 3 nitrogen and oxygen atoms in total. The molecule has 14 heavy (non-hydrogen) atoms. The van der Waals surface area contributed by atoms with Gasteiger partial charge < -0.3 is 10.5 Å². The van der Waals surface area contributed by atoms with Crippen LogP contribution in [-0.4, -0.2) is 19.5 Å². The first kappa shape index (κ1) is 13.1. The third kappa shape index (κ3) is 4.35. The molecule has 0 fully saturated rings. The van der Waals surface area contributed by atoms with Crippen molar-refractivity contribution in [3.05, 3.63) is 29.3 Å². The van der Waals surface area contributed by atoms with Crippen molar-refractivity contribution in [2.75, 3.05) is 13.7 Å². The van der Waals surface area contributed by atoms with Gasteiger partial charge in [-0.05, 0) is 24.3 Å². The van der Waals surface area contributed by atoms with Crippen LogP contribution in [0.1, 0.15) is 0 Å². The van der Waals surface area contributed by atoms with Crippen LogP contribution in [0.4, 0.5) is 0 Å². The topological polar surface area (TPSA) is 47.6 Å². The second kappa shape index (κ2) is 6.51. The molecule has 5 heteroatoms. The molecular formula is C9H12Cl2N2O. The van der Waals surface area contributed by atoms with Crippen molar-refractivity contribution in [1.29, 1.82) is 0 Å². The zero-order valence-corrected chi connectivity index (χ0v) is 9.31. The van der Waals surface area contributed by atoms with E-state index >= 15 is 0 Å². The van der Waals surface area contributed by atoms with Crippen LogP contribution in [0.5, 0.6) is 5.75 Å². The minimum absolute atomic E-state index is 0. The third-order valence-corrected chi connectivity index (χ3v) is 1.74. The monoisotopic (exact) mass is 234 g/mol. The van der Waals surface area contributed by atoms with Crippen molar-refractivity contribution in [2.24, 2.45) is 10.7 Å². The zero-order chi connectivity index (χ0) is 9.68. The summed E-state index contributed by atoms with van der Waals surface area (Å²) in [5.41, 5.74) is 5.45. The van der Waals surface area contributed by atoms with E-state index in [4.69, 9.17) is 22.1 Å².